The van der Waals surface area contributed by atoms with Gasteiger partial charge in [-0.15, -0.1) is 12.3 Å². The van der Waals surface area contributed by atoms with Gasteiger partial charge in [0.25, 0.3) is 0 Å². The Kier molecular flexibility index (Phi) is 6.11. The number of nitrogens with one attached hydrogen (secondary N) is 1. The fourth-order valence-electron chi connectivity index (χ4n) is 1.85. The monoisotopic (exact) mass is 259 g/mol. The molecule has 1 amide bonds. The highest BCUT2D eigenvalue weighted by Gasteiger charge is 2.26. The highest BCUT2D eigenvalue weighted by atomic mass is 16.3. The molecular formula is C16H21NO2. The van der Waals surface area contributed by atoms with Crippen LogP contribution in [0.3, 0.4) is 0 Å². The molecule has 0 heterocycles. The molecule has 3 nitrogen and oxygen atoms in total. The van der Waals surface area contributed by atoms with Crippen molar-refractivity contribution in [2.75, 3.05) is 6.54 Å². The highest BCUT2D eigenvalue weighted by molar-refractivity contribution is 5.77. The number of amides is 1. The molecule has 0 aliphatic heterocycles. The maximum Gasteiger partial charge on any atom is 0.223 e. The van der Waals surface area contributed by atoms with Crippen LogP contribution in [-0.2, 0) is 10.4 Å². The van der Waals surface area contributed by atoms with Crippen molar-refractivity contribution in [3.05, 3.63) is 35.9 Å². The SMILES string of the molecule is C#CCCCCNC(=O)CC(C)(O)c1ccccc1. The van der Waals surface area contributed by atoms with Crippen molar-refractivity contribution in [3.63, 3.8) is 0 Å². The first kappa shape index (κ1) is 15.3. The summed E-state index contributed by atoms with van der Waals surface area (Å²) >= 11 is 0. The molecule has 3 heteroatoms. The van der Waals surface area contributed by atoms with Crippen molar-refractivity contribution in [1.29, 1.82) is 0 Å². The number of carbonyl (C=O) groups excluding carboxylic acids is 1. The first-order chi connectivity index (χ1) is 9.06. The summed E-state index contributed by atoms with van der Waals surface area (Å²) in [5.74, 6) is 2.42. The molecule has 1 atom stereocenters. The lowest BCUT2D eigenvalue weighted by atomic mass is 9.92. The van der Waals surface area contributed by atoms with Crippen LogP contribution in [-0.4, -0.2) is 17.6 Å². The second-order valence-corrected chi connectivity index (χ2v) is 4.83. The number of rotatable bonds is 7. The molecule has 0 radical (unpaired) electrons. The third kappa shape index (κ3) is 5.58. The fourth-order valence-corrected chi connectivity index (χ4v) is 1.85. The zero-order chi connectivity index (χ0) is 14.1. The van der Waals surface area contributed by atoms with E-state index in [1.807, 2.05) is 30.3 Å². The van der Waals surface area contributed by atoms with Crippen molar-refractivity contribution >= 4 is 5.91 Å². The third-order valence-electron chi connectivity index (χ3n) is 2.97. The topological polar surface area (TPSA) is 49.3 Å². The van der Waals surface area contributed by atoms with E-state index in [9.17, 15) is 9.90 Å². The Balaban J connectivity index is 2.37. The van der Waals surface area contributed by atoms with Crippen molar-refractivity contribution in [3.8, 4) is 12.3 Å². The van der Waals surface area contributed by atoms with Gasteiger partial charge in [0.05, 0.1) is 12.0 Å². The maximum atomic E-state index is 11.8. The molecule has 0 saturated carbocycles. The predicted octanol–water partition coefficient (Wildman–Crippen LogP) is 2.20. The van der Waals surface area contributed by atoms with Gasteiger partial charge in [-0.3, -0.25) is 4.79 Å². The summed E-state index contributed by atoms with van der Waals surface area (Å²) in [6.07, 6.45) is 7.72. The second kappa shape index (κ2) is 7.60. The zero-order valence-corrected chi connectivity index (χ0v) is 11.4. The van der Waals surface area contributed by atoms with Crippen LogP contribution in [0.25, 0.3) is 0 Å². The van der Waals surface area contributed by atoms with E-state index < -0.39 is 5.60 Å². The maximum absolute atomic E-state index is 11.8. The second-order valence-electron chi connectivity index (χ2n) is 4.83. The van der Waals surface area contributed by atoms with Crippen molar-refractivity contribution in [1.82, 2.24) is 5.32 Å². The minimum Gasteiger partial charge on any atom is -0.385 e. The smallest absolute Gasteiger partial charge is 0.223 e. The molecule has 1 aromatic rings. The molecule has 102 valence electrons. The summed E-state index contributed by atoms with van der Waals surface area (Å²) in [6, 6.07) is 9.22. The first-order valence-electron chi connectivity index (χ1n) is 6.54. The number of terminal acetylenes is 1. The van der Waals surface area contributed by atoms with Crippen LogP contribution >= 0.6 is 0 Å². The lowest BCUT2D eigenvalue weighted by Crippen LogP contribution is -2.33. The molecule has 0 spiro atoms. The molecule has 2 N–H and O–H groups in total. The average Bonchev–Trinajstić information content (AvgIpc) is 2.39. The minimum atomic E-state index is -1.13. The van der Waals surface area contributed by atoms with Gasteiger partial charge in [0.2, 0.25) is 5.91 Å². The predicted molar refractivity (Wildman–Crippen MR) is 76.3 cm³/mol. The van der Waals surface area contributed by atoms with Gasteiger partial charge in [-0.2, -0.15) is 0 Å². The molecular weight excluding hydrogens is 238 g/mol. The van der Waals surface area contributed by atoms with Gasteiger partial charge in [-0.25, -0.2) is 0 Å². The Bertz CT molecular complexity index is 432. The van der Waals surface area contributed by atoms with Gasteiger partial charge >= 0.3 is 0 Å². The Labute approximate surface area is 115 Å². The lowest BCUT2D eigenvalue weighted by Gasteiger charge is -2.23. The van der Waals surface area contributed by atoms with Crippen molar-refractivity contribution in [2.45, 2.75) is 38.2 Å². The van der Waals surface area contributed by atoms with E-state index in [1.165, 1.54) is 0 Å². The largest absolute Gasteiger partial charge is 0.385 e. The van der Waals surface area contributed by atoms with Crippen LogP contribution in [0.5, 0.6) is 0 Å². The van der Waals surface area contributed by atoms with Gasteiger partial charge in [-0.1, -0.05) is 30.3 Å². The molecule has 1 rings (SSSR count). The summed E-state index contributed by atoms with van der Waals surface area (Å²) in [5, 5.41) is 13.1. The van der Waals surface area contributed by atoms with E-state index >= 15 is 0 Å². The Morgan fingerprint density at radius 2 is 2.05 bits per heavy atom. The number of carbonyl (C=O) groups is 1. The van der Waals surface area contributed by atoms with Gasteiger partial charge in [0.15, 0.2) is 0 Å². The van der Waals surface area contributed by atoms with Crippen LogP contribution < -0.4 is 5.32 Å². The molecule has 19 heavy (non-hydrogen) atoms. The Hall–Kier alpha value is -1.79. The highest BCUT2D eigenvalue weighted by Crippen LogP contribution is 2.23. The summed E-state index contributed by atoms with van der Waals surface area (Å²) in [5.41, 5.74) is -0.387. The lowest BCUT2D eigenvalue weighted by molar-refractivity contribution is -0.125. The number of benzene rings is 1. The average molecular weight is 259 g/mol. The quantitative estimate of drug-likeness (QED) is 0.582. The summed E-state index contributed by atoms with van der Waals surface area (Å²) in [4.78, 5) is 11.8. The van der Waals surface area contributed by atoms with E-state index in [4.69, 9.17) is 6.42 Å². The van der Waals surface area contributed by atoms with Gasteiger partial charge < -0.3 is 10.4 Å². The van der Waals surface area contributed by atoms with E-state index in [2.05, 4.69) is 11.2 Å². The Morgan fingerprint density at radius 3 is 2.68 bits per heavy atom. The minimum absolute atomic E-state index is 0.0617. The molecule has 0 aliphatic carbocycles. The molecule has 1 aromatic carbocycles. The van der Waals surface area contributed by atoms with Crippen LogP contribution in [0.1, 0.15) is 38.2 Å². The molecule has 0 fully saturated rings. The van der Waals surface area contributed by atoms with E-state index in [0.29, 0.717) is 6.54 Å². The molecule has 0 bridgehead atoms. The third-order valence-corrected chi connectivity index (χ3v) is 2.97. The zero-order valence-electron chi connectivity index (χ0n) is 11.4. The normalized spacial score (nSPS) is 13.3. The summed E-state index contributed by atoms with van der Waals surface area (Å²) in [6.45, 7) is 2.26. The van der Waals surface area contributed by atoms with Crippen molar-refractivity contribution < 1.29 is 9.90 Å². The van der Waals surface area contributed by atoms with Gasteiger partial charge in [0.1, 0.15) is 0 Å². The van der Waals surface area contributed by atoms with Crippen LogP contribution in [0, 0.1) is 12.3 Å². The van der Waals surface area contributed by atoms with Gasteiger partial charge in [0, 0.05) is 13.0 Å². The first-order valence-corrected chi connectivity index (χ1v) is 6.54. The summed E-state index contributed by atoms with van der Waals surface area (Å²) < 4.78 is 0. The Morgan fingerprint density at radius 1 is 1.37 bits per heavy atom. The number of hydrogen-bond acceptors (Lipinski definition) is 2. The molecule has 0 aliphatic rings. The molecule has 0 aromatic heterocycles. The van der Waals surface area contributed by atoms with E-state index in [-0.39, 0.29) is 12.3 Å². The summed E-state index contributed by atoms with van der Waals surface area (Å²) in [7, 11) is 0. The molecule has 0 saturated heterocycles. The number of aliphatic hydroxyl groups is 1. The standard InChI is InChI=1S/C16H21NO2/c1-3-4-5-9-12-17-15(18)13-16(2,19)14-10-7-6-8-11-14/h1,6-8,10-11,19H,4-5,9,12-13H2,2H3,(H,17,18). The fraction of sp³-hybridized carbons (Fsp3) is 0.438. The number of unbranched alkanes of at least 4 members (excludes halogenated alkanes) is 2. The number of hydrogen-bond donors (Lipinski definition) is 2. The van der Waals surface area contributed by atoms with Crippen LogP contribution in [0.2, 0.25) is 0 Å². The van der Waals surface area contributed by atoms with E-state index in [1.54, 1.807) is 6.92 Å². The molecule has 1 unspecified atom stereocenters. The van der Waals surface area contributed by atoms with E-state index in [0.717, 1.165) is 24.8 Å². The van der Waals surface area contributed by atoms with Crippen LogP contribution in [0.15, 0.2) is 30.3 Å². The van der Waals surface area contributed by atoms with Gasteiger partial charge in [-0.05, 0) is 25.3 Å². The van der Waals surface area contributed by atoms with Crippen LogP contribution in [0.4, 0.5) is 0 Å². The van der Waals surface area contributed by atoms with Crippen molar-refractivity contribution in [2.24, 2.45) is 0 Å².